The Bertz CT molecular complexity index is 657. The number of fused-ring (bicyclic) bond motifs is 1. The quantitative estimate of drug-likeness (QED) is 0.700. The molecule has 0 saturated carbocycles. The van der Waals surface area contributed by atoms with Gasteiger partial charge in [0, 0.05) is 0 Å². The minimum atomic E-state index is -0.368. The third kappa shape index (κ3) is 2.42. The second-order valence-electron chi connectivity index (χ2n) is 5.64. The van der Waals surface area contributed by atoms with Crippen LogP contribution < -0.4 is 5.56 Å². The van der Waals surface area contributed by atoms with Crippen molar-refractivity contribution in [2.24, 2.45) is 5.41 Å². The summed E-state index contributed by atoms with van der Waals surface area (Å²) in [5.74, 6) is 0.460. The van der Waals surface area contributed by atoms with Crippen molar-refractivity contribution in [3.05, 3.63) is 27.9 Å². The Morgan fingerprint density at radius 1 is 1.33 bits per heavy atom. The lowest BCUT2D eigenvalue weighted by molar-refractivity contribution is 0.405. The molecule has 0 fully saturated rings. The highest BCUT2D eigenvalue weighted by molar-refractivity contribution is 6.07. The Balaban J connectivity index is 2.60. The average molecular weight is 242 g/mol. The zero-order valence-corrected chi connectivity index (χ0v) is 11.1. The second-order valence-corrected chi connectivity index (χ2v) is 5.64. The summed E-state index contributed by atoms with van der Waals surface area (Å²) in [6, 6.07) is 1.81. The topological polar surface area (TPSA) is 60.7 Å². The molecule has 0 aliphatic rings. The van der Waals surface area contributed by atoms with Crippen molar-refractivity contribution in [1.29, 1.82) is 0 Å². The van der Waals surface area contributed by atoms with Gasteiger partial charge in [0.1, 0.15) is 5.52 Å². The van der Waals surface area contributed by atoms with Crippen LogP contribution >= 0.6 is 0 Å². The number of aromatic nitrogens is 4. The summed E-state index contributed by atoms with van der Waals surface area (Å²) < 4.78 is 0.987. The van der Waals surface area contributed by atoms with E-state index in [9.17, 15) is 4.79 Å². The van der Waals surface area contributed by atoms with E-state index in [0.29, 0.717) is 11.3 Å². The van der Waals surface area contributed by atoms with Crippen LogP contribution in [0.1, 0.15) is 32.3 Å². The summed E-state index contributed by atoms with van der Waals surface area (Å²) in [6.45, 7) is 8.05. The van der Waals surface area contributed by atoms with Crippen LogP contribution in [0.4, 0.5) is 0 Å². The van der Waals surface area contributed by atoms with E-state index >= 15 is 0 Å². The smallest absolute Gasteiger partial charge is 0.268 e. The van der Waals surface area contributed by atoms with E-state index in [-0.39, 0.29) is 16.5 Å². The van der Waals surface area contributed by atoms with E-state index in [1.807, 2.05) is 6.07 Å². The minimum Gasteiger partial charge on any atom is -0.353 e. The van der Waals surface area contributed by atoms with E-state index in [0.717, 1.165) is 16.6 Å². The molecule has 0 bridgehead atoms. The molecule has 0 spiro atoms. The van der Waals surface area contributed by atoms with Crippen molar-refractivity contribution in [2.75, 3.05) is 0 Å². The van der Waals surface area contributed by atoms with E-state index in [4.69, 9.17) is 7.98 Å². The molecule has 0 amide bonds. The SMILES string of the molecule is [B]n1c(C)nc2cc(CC(C)(C)C)nnc2c1=O. The number of hydrogen-bond donors (Lipinski definition) is 0. The van der Waals surface area contributed by atoms with Crippen LogP contribution in [-0.2, 0) is 6.42 Å². The molecule has 0 atom stereocenters. The van der Waals surface area contributed by atoms with Gasteiger partial charge in [0.2, 0.25) is 7.98 Å². The summed E-state index contributed by atoms with van der Waals surface area (Å²) in [5, 5.41) is 8.01. The molecular formula is C12H15BN4O. The lowest BCUT2D eigenvalue weighted by Crippen LogP contribution is -2.23. The summed E-state index contributed by atoms with van der Waals surface area (Å²) in [7, 11) is 5.56. The van der Waals surface area contributed by atoms with Gasteiger partial charge in [-0.2, -0.15) is 5.10 Å². The Morgan fingerprint density at radius 2 is 2.00 bits per heavy atom. The highest BCUT2D eigenvalue weighted by Crippen LogP contribution is 2.19. The normalized spacial score (nSPS) is 12.0. The molecule has 6 heteroatoms. The molecule has 0 aliphatic heterocycles. The van der Waals surface area contributed by atoms with Gasteiger partial charge in [-0.05, 0) is 24.8 Å². The largest absolute Gasteiger partial charge is 0.353 e. The van der Waals surface area contributed by atoms with Gasteiger partial charge in [0.15, 0.2) is 5.52 Å². The van der Waals surface area contributed by atoms with Crippen LogP contribution in [0.15, 0.2) is 10.9 Å². The molecule has 2 aromatic heterocycles. The van der Waals surface area contributed by atoms with E-state index in [1.54, 1.807) is 6.92 Å². The number of nitrogens with zero attached hydrogens (tertiary/aromatic N) is 4. The van der Waals surface area contributed by atoms with E-state index in [2.05, 4.69) is 36.0 Å². The zero-order chi connectivity index (χ0) is 13.5. The highest BCUT2D eigenvalue weighted by atomic mass is 16.1. The summed E-state index contributed by atoms with van der Waals surface area (Å²) in [6.07, 6.45) is 0.780. The minimum absolute atomic E-state index is 0.111. The van der Waals surface area contributed by atoms with Crippen LogP contribution in [0.2, 0.25) is 0 Å². The Labute approximate surface area is 107 Å². The fraction of sp³-hybridized carbons (Fsp3) is 0.500. The summed E-state index contributed by atoms with van der Waals surface area (Å²) in [5.41, 5.74) is 1.33. The maximum Gasteiger partial charge on any atom is 0.268 e. The van der Waals surface area contributed by atoms with Gasteiger partial charge in [-0.25, -0.2) is 4.98 Å². The van der Waals surface area contributed by atoms with Gasteiger partial charge < -0.3 is 4.48 Å². The van der Waals surface area contributed by atoms with Crippen molar-refractivity contribution in [2.45, 2.75) is 34.1 Å². The first-order chi connectivity index (χ1) is 8.28. The van der Waals surface area contributed by atoms with E-state index in [1.165, 1.54) is 0 Å². The third-order valence-corrected chi connectivity index (χ3v) is 2.59. The molecule has 2 heterocycles. The standard InChI is InChI=1S/C12H15BN4O/c1-7-14-9-5-8(6-12(2,3)4)15-16-10(9)11(18)17(7)13/h5H,6H2,1-4H3. The lowest BCUT2D eigenvalue weighted by atomic mass is 9.90. The van der Waals surface area contributed by atoms with Gasteiger partial charge in [0.05, 0.1) is 11.5 Å². The molecule has 0 N–H and O–H groups in total. The Hall–Kier alpha value is -1.72. The van der Waals surface area contributed by atoms with Crippen LogP contribution in [0.25, 0.3) is 11.0 Å². The lowest BCUT2D eigenvalue weighted by Gasteiger charge is -2.16. The molecule has 2 aromatic rings. The maximum atomic E-state index is 11.8. The summed E-state index contributed by atoms with van der Waals surface area (Å²) in [4.78, 5) is 16.1. The van der Waals surface area contributed by atoms with Crippen molar-refractivity contribution in [1.82, 2.24) is 19.7 Å². The highest BCUT2D eigenvalue weighted by Gasteiger charge is 2.14. The van der Waals surface area contributed by atoms with Crippen molar-refractivity contribution in [3.63, 3.8) is 0 Å². The number of hydrogen-bond acceptors (Lipinski definition) is 4. The fourth-order valence-electron chi connectivity index (χ4n) is 1.78. The second kappa shape index (κ2) is 4.19. The van der Waals surface area contributed by atoms with Crippen molar-refractivity contribution in [3.8, 4) is 0 Å². The molecular weight excluding hydrogens is 227 g/mol. The Kier molecular flexibility index (Phi) is 2.96. The molecule has 0 aliphatic carbocycles. The van der Waals surface area contributed by atoms with E-state index < -0.39 is 0 Å². The fourth-order valence-corrected chi connectivity index (χ4v) is 1.78. The molecule has 0 aromatic carbocycles. The molecule has 0 saturated heterocycles. The predicted octanol–water partition coefficient (Wildman–Crippen LogP) is 1.02. The Morgan fingerprint density at radius 3 is 2.61 bits per heavy atom. The summed E-state index contributed by atoms with van der Waals surface area (Å²) >= 11 is 0. The molecule has 92 valence electrons. The third-order valence-electron chi connectivity index (χ3n) is 2.59. The predicted molar refractivity (Wildman–Crippen MR) is 70.6 cm³/mol. The first-order valence-corrected chi connectivity index (χ1v) is 5.79. The monoisotopic (exact) mass is 242 g/mol. The van der Waals surface area contributed by atoms with Crippen LogP contribution in [0.5, 0.6) is 0 Å². The van der Waals surface area contributed by atoms with Crippen molar-refractivity contribution >= 4 is 19.0 Å². The maximum absolute atomic E-state index is 11.8. The van der Waals surface area contributed by atoms with Gasteiger partial charge in [-0.3, -0.25) is 4.79 Å². The van der Waals surface area contributed by atoms with Gasteiger partial charge >= 0.3 is 0 Å². The van der Waals surface area contributed by atoms with Gasteiger partial charge in [0.25, 0.3) is 5.56 Å². The van der Waals surface area contributed by atoms with Gasteiger partial charge in [-0.15, -0.1) is 5.10 Å². The van der Waals surface area contributed by atoms with Crippen LogP contribution in [0.3, 0.4) is 0 Å². The molecule has 18 heavy (non-hydrogen) atoms. The average Bonchev–Trinajstić information content (AvgIpc) is 2.23. The van der Waals surface area contributed by atoms with Gasteiger partial charge in [-0.1, -0.05) is 20.8 Å². The number of rotatable bonds is 1. The molecule has 2 rings (SSSR count). The molecule has 2 radical (unpaired) electrons. The number of aryl methyl sites for hydroxylation is 1. The van der Waals surface area contributed by atoms with Crippen LogP contribution in [-0.4, -0.2) is 27.6 Å². The molecule has 0 unspecified atom stereocenters. The zero-order valence-electron chi connectivity index (χ0n) is 11.1. The first kappa shape index (κ1) is 12.7. The first-order valence-electron chi connectivity index (χ1n) is 5.79. The van der Waals surface area contributed by atoms with Crippen LogP contribution in [0, 0.1) is 12.3 Å². The molecule has 5 nitrogen and oxygen atoms in total. The van der Waals surface area contributed by atoms with Crippen molar-refractivity contribution < 1.29 is 0 Å².